The minimum atomic E-state index is -4.54. The van der Waals surface area contributed by atoms with Gasteiger partial charge in [0.25, 0.3) is 0 Å². The molecule has 1 aromatic carbocycles. The molecule has 1 aliphatic rings. The van der Waals surface area contributed by atoms with Gasteiger partial charge >= 0.3 is 12.1 Å². The van der Waals surface area contributed by atoms with Crippen LogP contribution in [0.4, 0.5) is 18.9 Å². The minimum absolute atomic E-state index is 0.126. The average molecular weight is 273 g/mol. The van der Waals surface area contributed by atoms with Crippen LogP contribution in [0, 0.1) is 0 Å². The number of carboxylic acid groups (broad SMARTS) is 1. The summed E-state index contributed by atoms with van der Waals surface area (Å²) >= 11 is 0. The van der Waals surface area contributed by atoms with Gasteiger partial charge in [-0.15, -0.1) is 0 Å². The Labute approximate surface area is 108 Å². The van der Waals surface area contributed by atoms with Gasteiger partial charge in [0.1, 0.15) is 0 Å². The lowest BCUT2D eigenvalue weighted by Crippen LogP contribution is -2.25. The number of anilines is 1. The summed E-state index contributed by atoms with van der Waals surface area (Å²) in [5.74, 6) is -1.19. The Balaban J connectivity index is 2.61. The average Bonchev–Trinajstić information content (AvgIpc) is 3.07. The van der Waals surface area contributed by atoms with Gasteiger partial charge in [-0.1, -0.05) is 0 Å². The first-order chi connectivity index (χ1) is 8.68. The number of carboxylic acids is 1. The van der Waals surface area contributed by atoms with E-state index in [0.717, 1.165) is 6.07 Å². The summed E-state index contributed by atoms with van der Waals surface area (Å²) in [5, 5.41) is 9.20. The molecule has 2 rings (SSSR count). The van der Waals surface area contributed by atoms with Crippen molar-refractivity contribution in [2.45, 2.75) is 24.4 Å². The number of alkyl halides is 3. The van der Waals surface area contributed by atoms with Crippen molar-refractivity contribution in [1.29, 1.82) is 0 Å². The van der Waals surface area contributed by atoms with Gasteiger partial charge in [0.05, 0.1) is 11.0 Å². The highest BCUT2D eigenvalue weighted by Gasteiger charge is 2.55. The van der Waals surface area contributed by atoms with Crippen LogP contribution in [0.25, 0.3) is 0 Å². The molecular weight excluding hydrogens is 259 g/mol. The topological polar surface area (TPSA) is 40.5 Å². The number of carbonyl (C=O) groups is 1. The molecule has 6 heteroatoms. The van der Waals surface area contributed by atoms with E-state index >= 15 is 0 Å². The quantitative estimate of drug-likeness (QED) is 0.920. The molecule has 1 aromatic rings. The molecule has 1 aliphatic carbocycles. The zero-order valence-electron chi connectivity index (χ0n) is 10.6. The molecule has 3 nitrogen and oxygen atoms in total. The van der Waals surface area contributed by atoms with Gasteiger partial charge in [-0.2, -0.15) is 13.2 Å². The van der Waals surface area contributed by atoms with Gasteiger partial charge in [0.15, 0.2) is 0 Å². The van der Waals surface area contributed by atoms with E-state index in [2.05, 4.69) is 0 Å². The number of aliphatic carboxylic acids is 1. The highest BCUT2D eigenvalue weighted by molar-refractivity contribution is 5.86. The Morgan fingerprint density at radius 2 is 1.89 bits per heavy atom. The highest BCUT2D eigenvalue weighted by atomic mass is 19.4. The third kappa shape index (κ3) is 2.27. The van der Waals surface area contributed by atoms with Crippen molar-refractivity contribution in [3.8, 4) is 0 Å². The van der Waals surface area contributed by atoms with Crippen LogP contribution in [-0.4, -0.2) is 25.2 Å². The van der Waals surface area contributed by atoms with Crippen LogP contribution < -0.4 is 4.90 Å². The zero-order chi connectivity index (χ0) is 14.4. The van der Waals surface area contributed by atoms with E-state index in [0.29, 0.717) is 5.69 Å². The van der Waals surface area contributed by atoms with Crippen molar-refractivity contribution in [3.05, 3.63) is 29.3 Å². The molecule has 0 spiro atoms. The van der Waals surface area contributed by atoms with E-state index in [1.54, 1.807) is 19.0 Å². The maximum atomic E-state index is 13.0. The standard InChI is InChI=1S/C13H14F3NO2/c1-17(2)8-3-4-9(13(14,15)16)10(7-8)12(5-6-12)11(18)19/h3-4,7H,5-6H2,1-2H3,(H,18,19). The molecule has 0 aromatic heterocycles. The number of nitrogens with zero attached hydrogens (tertiary/aromatic N) is 1. The third-order valence-corrected chi connectivity index (χ3v) is 3.50. The highest BCUT2D eigenvalue weighted by Crippen LogP contribution is 2.52. The fraction of sp³-hybridized carbons (Fsp3) is 0.462. The summed E-state index contributed by atoms with van der Waals surface area (Å²) in [6.07, 6.45) is -4.03. The molecule has 1 N–H and O–H groups in total. The maximum Gasteiger partial charge on any atom is 0.416 e. The lowest BCUT2D eigenvalue weighted by Gasteiger charge is -2.21. The van der Waals surface area contributed by atoms with Gasteiger partial charge in [-0.05, 0) is 36.6 Å². The number of halogens is 3. The Kier molecular flexibility index (Phi) is 2.99. The summed E-state index contributed by atoms with van der Waals surface area (Å²) in [5.41, 5.74) is -1.77. The molecule has 1 saturated carbocycles. The van der Waals surface area contributed by atoms with Crippen LogP contribution >= 0.6 is 0 Å². The van der Waals surface area contributed by atoms with Crippen LogP contribution in [0.2, 0.25) is 0 Å². The summed E-state index contributed by atoms with van der Waals surface area (Å²) in [6, 6.07) is 3.65. The first-order valence-corrected chi connectivity index (χ1v) is 5.81. The molecule has 0 radical (unpaired) electrons. The Morgan fingerprint density at radius 1 is 1.32 bits per heavy atom. The Morgan fingerprint density at radius 3 is 2.26 bits per heavy atom. The molecule has 0 atom stereocenters. The third-order valence-electron chi connectivity index (χ3n) is 3.50. The lowest BCUT2D eigenvalue weighted by molar-refractivity contribution is -0.142. The molecule has 0 saturated heterocycles. The predicted octanol–water partition coefficient (Wildman–Crippen LogP) is 2.89. The number of hydrogen-bond acceptors (Lipinski definition) is 2. The van der Waals surface area contributed by atoms with Gasteiger partial charge in [0.2, 0.25) is 0 Å². The van der Waals surface area contributed by atoms with Crippen LogP contribution in [-0.2, 0) is 16.4 Å². The van der Waals surface area contributed by atoms with Gasteiger partial charge < -0.3 is 10.0 Å². The fourth-order valence-corrected chi connectivity index (χ4v) is 2.18. The number of hydrogen-bond donors (Lipinski definition) is 1. The van der Waals surface area contributed by atoms with Crippen LogP contribution in [0.3, 0.4) is 0 Å². The summed E-state index contributed by atoms with van der Waals surface area (Å²) < 4.78 is 39.0. The summed E-state index contributed by atoms with van der Waals surface area (Å²) in [4.78, 5) is 12.9. The molecule has 104 valence electrons. The molecule has 0 bridgehead atoms. The van der Waals surface area contributed by atoms with Crippen molar-refractivity contribution in [2.75, 3.05) is 19.0 Å². The molecule has 1 fully saturated rings. The molecule has 0 aliphatic heterocycles. The van der Waals surface area contributed by atoms with E-state index in [1.165, 1.54) is 12.1 Å². The van der Waals surface area contributed by atoms with Crippen LogP contribution in [0.15, 0.2) is 18.2 Å². The van der Waals surface area contributed by atoms with Crippen molar-refractivity contribution >= 4 is 11.7 Å². The number of rotatable bonds is 3. The zero-order valence-corrected chi connectivity index (χ0v) is 10.6. The minimum Gasteiger partial charge on any atom is -0.481 e. The second kappa shape index (κ2) is 4.15. The Hall–Kier alpha value is -1.72. The first-order valence-electron chi connectivity index (χ1n) is 5.81. The van der Waals surface area contributed by atoms with Crippen molar-refractivity contribution in [2.24, 2.45) is 0 Å². The number of benzene rings is 1. The van der Waals surface area contributed by atoms with Gasteiger partial charge in [-0.3, -0.25) is 4.79 Å². The predicted molar refractivity (Wildman–Crippen MR) is 64.3 cm³/mol. The molecule has 0 heterocycles. The normalized spacial score (nSPS) is 17.1. The maximum absolute atomic E-state index is 13.0. The smallest absolute Gasteiger partial charge is 0.416 e. The van der Waals surface area contributed by atoms with Gasteiger partial charge in [-0.25, -0.2) is 0 Å². The molecule has 0 amide bonds. The van der Waals surface area contributed by atoms with E-state index in [1.807, 2.05) is 0 Å². The second-order valence-electron chi connectivity index (χ2n) is 5.01. The summed E-state index contributed by atoms with van der Waals surface area (Å²) in [6.45, 7) is 0. The molecule has 19 heavy (non-hydrogen) atoms. The van der Waals surface area contributed by atoms with E-state index < -0.39 is 23.1 Å². The largest absolute Gasteiger partial charge is 0.481 e. The molecule has 0 unspecified atom stereocenters. The van der Waals surface area contributed by atoms with E-state index in [-0.39, 0.29) is 18.4 Å². The molecular formula is C13H14F3NO2. The van der Waals surface area contributed by atoms with Crippen molar-refractivity contribution in [3.63, 3.8) is 0 Å². The van der Waals surface area contributed by atoms with E-state index in [9.17, 15) is 23.1 Å². The van der Waals surface area contributed by atoms with Crippen molar-refractivity contribution < 1.29 is 23.1 Å². The first kappa shape index (κ1) is 13.7. The summed E-state index contributed by atoms with van der Waals surface area (Å²) in [7, 11) is 3.40. The van der Waals surface area contributed by atoms with Gasteiger partial charge in [0, 0.05) is 19.8 Å². The fourth-order valence-electron chi connectivity index (χ4n) is 2.18. The lowest BCUT2D eigenvalue weighted by atomic mass is 9.90. The second-order valence-corrected chi connectivity index (χ2v) is 5.01. The Bertz CT molecular complexity index is 519. The van der Waals surface area contributed by atoms with E-state index in [4.69, 9.17) is 0 Å². The van der Waals surface area contributed by atoms with Crippen molar-refractivity contribution in [1.82, 2.24) is 0 Å². The monoisotopic (exact) mass is 273 g/mol. The van der Waals surface area contributed by atoms with Crippen LogP contribution in [0.5, 0.6) is 0 Å². The van der Waals surface area contributed by atoms with Crippen LogP contribution in [0.1, 0.15) is 24.0 Å². The SMILES string of the molecule is CN(C)c1ccc(C(F)(F)F)c(C2(C(=O)O)CC2)c1.